The molecule has 160 valence electrons. The van der Waals surface area contributed by atoms with Crippen LogP contribution in [0.1, 0.15) is 89.0 Å². The van der Waals surface area contributed by atoms with E-state index < -0.39 is 20.0 Å². The number of hydrogen-bond donors (Lipinski definition) is 2. The van der Waals surface area contributed by atoms with Crippen molar-refractivity contribution in [3.63, 3.8) is 0 Å². The minimum Gasteiger partial charge on any atom is -0.490 e. The molecular weight excluding hydrogens is 381 g/mol. The van der Waals surface area contributed by atoms with E-state index in [-0.39, 0.29) is 11.7 Å². The van der Waals surface area contributed by atoms with Crippen molar-refractivity contribution in [3.05, 3.63) is 29.3 Å². The Bertz CT molecular complexity index is 575. The highest BCUT2D eigenvalue weighted by atomic mass is 31.2. The van der Waals surface area contributed by atoms with E-state index in [0.29, 0.717) is 31.2 Å². The van der Waals surface area contributed by atoms with Gasteiger partial charge in [0.05, 0.1) is 6.61 Å². The summed E-state index contributed by atoms with van der Waals surface area (Å²) in [5.41, 5.74) is 0.496. The van der Waals surface area contributed by atoms with Crippen molar-refractivity contribution in [1.29, 1.82) is 0 Å². The van der Waals surface area contributed by atoms with Crippen LogP contribution in [0.2, 0.25) is 0 Å². The highest BCUT2D eigenvalue weighted by Crippen LogP contribution is 2.40. The van der Waals surface area contributed by atoms with E-state index in [1.54, 1.807) is 12.1 Å². The molecule has 0 aromatic heterocycles. The van der Waals surface area contributed by atoms with Gasteiger partial charge in [0.1, 0.15) is 0 Å². The predicted octanol–water partition coefficient (Wildman–Crippen LogP) is 6.66. The van der Waals surface area contributed by atoms with Crippen molar-refractivity contribution < 1.29 is 23.3 Å². The molecule has 3 nitrogen and oxygen atoms in total. The molecule has 1 fully saturated rings. The number of rotatable bonds is 12. The molecule has 1 aliphatic carbocycles. The average Bonchev–Trinajstić information content (AvgIpc) is 2.68. The van der Waals surface area contributed by atoms with Crippen LogP contribution in [0, 0.1) is 17.6 Å². The molecule has 1 saturated carbocycles. The van der Waals surface area contributed by atoms with E-state index in [9.17, 15) is 8.78 Å². The highest BCUT2D eigenvalue weighted by molar-refractivity contribution is 7.45. The monoisotopic (exact) mass is 416 g/mol. The van der Waals surface area contributed by atoms with Crippen molar-refractivity contribution >= 4 is 8.38 Å². The van der Waals surface area contributed by atoms with Gasteiger partial charge in [0.25, 0.3) is 0 Å². The number of ether oxygens (including phenoxy) is 1. The van der Waals surface area contributed by atoms with Gasteiger partial charge in [0.2, 0.25) is 5.82 Å². The molecule has 0 atom stereocenters. The topological polar surface area (TPSA) is 49.7 Å². The van der Waals surface area contributed by atoms with Gasteiger partial charge in [-0.05, 0) is 68.4 Å². The standard InChI is InChI=1S/C22H35F2O3P/c1-2-3-5-8-17-9-11-18(12-10-17)19-13-14-20(22(24)21(19)23)27-15-6-4-7-16-28(25)26/h13-14,17-18,25-26H,2-12,15-16H2,1H3. The summed E-state index contributed by atoms with van der Waals surface area (Å²) < 4.78 is 34.4. The lowest BCUT2D eigenvalue weighted by Crippen LogP contribution is -2.15. The summed E-state index contributed by atoms with van der Waals surface area (Å²) in [5.74, 6) is -0.805. The van der Waals surface area contributed by atoms with Crippen LogP contribution >= 0.6 is 8.38 Å². The summed E-state index contributed by atoms with van der Waals surface area (Å²) in [7, 11) is -1.84. The van der Waals surface area contributed by atoms with Crippen LogP contribution in [0.25, 0.3) is 0 Å². The Kier molecular flexibility index (Phi) is 10.7. The maximum absolute atomic E-state index is 14.6. The van der Waals surface area contributed by atoms with Crippen molar-refractivity contribution in [2.45, 2.75) is 83.5 Å². The summed E-state index contributed by atoms with van der Waals surface area (Å²) in [6, 6.07) is 3.25. The molecule has 0 radical (unpaired) electrons. The van der Waals surface area contributed by atoms with Gasteiger partial charge in [-0.2, -0.15) is 4.39 Å². The number of benzene rings is 1. The first kappa shape index (κ1) is 23.5. The normalized spacial score (nSPS) is 19.9. The van der Waals surface area contributed by atoms with Crippen LogP contribution in [0.4, 0.5) is 8.78 Å². The zero-order chi connectivity index (χ0) is 20.4. The maximum Gasteiger partial charge on any atom is 0.200 e. The highest BCUT2D eigenvalue weighted by Gasteiger charge is 2.26. The zero-order valence-corrected chi connectivity index (χ0v) is 17.9. The van der Waals surface area contributed by atoms with Gasteiger partial charge < -0.3 is 14.5 Å². The van der Waals surface area contributed by atoms with Crippen LogP contribution in [-0.4, -0.2) is 22.6 Å². The van der Waals surface area contributed by atoms with Gasteiger partial charge in [-0.25, -0.2) is 4.39 Å². The van der Waals surface area contributed by atoms with E-state index in [0.717, 1.165) is 38.0 Å². The summed E-state index contributed by atoms with van der Waals surface area (Å²) >= 11 is 0. The fourth-order valence-electron chi connectivity index (χ4n) is 4.13. The molecule has 2 N–H and O–H groups in total. The third-order valence-electron chi connectivity index (χ3n) is 5.84. The Morgan fingerprint density at radius 2 is 1.71 bits per heavy atom. The van der Waals surface area contributed by atoms with Crippen LogP contribution in [-0.2, 0) is 0 Å². The number of unbranched alkanes of at least 4 members (excludes halogenated alkanes) is 4. The number of halogens is 2. The second-order valence-electron chi connectivity index (χ2n) is 8.00. The summed E-state index contributed by atoms with van der Waals surface area (Å²) in [6.45, 7) is 2.51. The Labute approximate surface area is 169 Å². The third kappa shape index (κ3) is 7.57. The van der Waals surface area contributed by atoms with Crippen LogP contribution in [0.5, 0.6) is 5.75 Å². The van der Waals surface area contributed by atoms with Crippen molar-refractivity contribution in [2.75, 3.05) is 12.8 Å². The molecule has 0 spiro atoms. The molecule has 0 aliphatic heterocycles. The van der Waals surface area contributed by atoms with Gasteiger partial charge in [0.15, 0.2) is 19.9 Å². The third-order valence-corrected chi connectivity index (χ3v) is 6.56. The van der Waals surface area contributed by atoms with Gasteiger partial charge in [-0.1, -0.05) is 38.7 Å². The number of hydrogen-bond acceptors (Lipinski definition) is 3. The first-order valence-corrected chi connectivity index (χ1v) is 12.2. The van der Waals surface area contributed by atoms with Gasteiger partial charge in [-0.15, -0.1) is 0 Å². The largest absolute Gasteiger partial charge is 0.490 e. The SMILES string of the molecule is CCCCCC1CCC(c2ccc(OCCCCCP(O)O)c(F)c2F)CC1. The molecule has 1 aromatic rings. The van der Waals surface area contributed by atoms with Crippen LogP contribution < -0.4 is 4.74 Å². The molecule has 0 saturated heterocycles. The molecule has 0 heterocycles. The first-order chi connectivity index (χ1) is 13.5. The molecule has 28 heavy (non-hydrogen) atoms. The Hall–Kier alpha value is -0.770. The smallest absolute Gasteiger partial charge is 0.200 e. The second kappa shape index (κ2) is 12.7. The molecular formula is C22H35F2O3P. The van der Waals surface area contributed by atoms with E-state index >= 15 is 0 Å². The van der Waals surface area contributed by atoms with Crippen molar-refractivity contribution in [2.24, 2.45) is 5.92 Å². The Balaban J connectivity index is 1.80. The lowest BCUT2D eigenvalue weighted by atomic mass is 9.77. The second-order valence-corrected chi connectivity index (χ2v) is 9.19. The summed E-state index contributed by atoms with van der Waals surface area (Å²) in [5, 5.41) is 0. The van der Waals surface area contributed by atoms with Crippen LogP contribution in [0.3, 0.4) is 0 Å². The van der Waals surface area contributed by atoms with Gasteiger partial charge in [0, 0.05) is 6.16 Å². The zero-order valence-electron chi connectivity index (χ0n) is 17.0. The lowest BCUT2D eigenvalue weighted by molar-refractivity contribution is 0.280. The average molecular weight is 416 g/mol. The Morgan fingerprint density at radius 1 is 0.964 bits per heavy atom. The summed E-state index contributed by atoms with van der Waals surface area (Å²) in [6.07, 6.45) is 11.7. The predicted molar refractivity (Wildman–Crippen MR) is 111 cm³/mol. The summed E-state index contributed by atoms with van der Waals surface area (Å²) in [4.78, 5) is 17.7. The minimum absolute atomic E-state index is 0.0268. The molecule has 2 rings (SSSR count). The van der Waals surface area contributed by atoms with Crippen LogP contribution in [0.15, 0.2) is 12.1 Å². The quantitative estimate of drug-likeness (QED) is 0.296. The fourth-order valence-corrected chi connectivity index (χ4v) is 4.64. The van der Waals surface area contributed by atoms with E-state index in [2.05, 4.69) is 6.92 Å². The van der Waals surface area contributed by atoms with E-state index in [1.165, 1.54) is 25.7 Å². The van der Waals surface area contributed by atoms with E-state index in [4.69, 9.17) is 14.5 Å². The Morgan fingerprint density at radius 3 is 2.39 bits per heavy atom. The lowest BCUT2D eigenvalue weighted by Gasteiger charge is -2.29. The van der Waals surface area contributed by atoms with E-state index in [1.807, 2.05) is 0 Å². The molecule has 1 aromatic carbocycles. The van der Waals surface area contributed by atoms with Gasteiger partial charge in [-0.3, -0.25) is 0 Å². The first-order valence-electron chi connectivity index (χ1n) is 10.8. The molecule has 1 aliphatic rings. The molecule has 6 heteroatoms. The van der Waals surface area contributed by atoms with Crippen molar-refractivity contribution in [3.8, 4) is 5.75 Å². The molecule has 0 unspecified atom stereocenters. The van der Waals surface area contributed by atoms with Gasteiger partial charge >= 0.3 is 0 Å². The molecule has 0 bridgehead atoms. The fraction of sp³-hybridized carbons (Fsp3) is 0.727. The maximum atomic E-state index is 14.6. The van der Waals surface area contributed by atoms with Crippen molar-refractivity contribution in [1.82, 2.24) is 0 Å². The minimum atomic E-state index is -1.84. The molecule has 0 amide bonds.